The molecule has 0 aromatic heterocycles. The highest BCUT2D eigenvalue weighted by Gasteiger charge is 2.11. The highest BCUT2D eigenvalue weighted by Crippen LogP contribution is 2.01. The van der Waals surface area contributed by atoms with Crippen LogP contribution in [-0.2, 0) is 16.1 Å². The fourth-order valence-electron chi connectivity index (χ4n) is 0.922. The number of esters is 1. The molecule has 0 radical (unpaired) electrons. The second-order valence-electron chi connectivity index (χ2n) is 2.98. The van der Waals surface area contributed by atoms with Crippen molar-refractivity contribution in [1.29, 1.82) is 0 Å². The molecule has 1 rings (SSSR count). The third-order valence-electron chi connectivity index (χ3n) is 1.83. The third-order valence-corrected chi connectivity index (χ3v) is 1.83. The summed E-state index contributed by atoms with van der Waals surface area (Å²) in [5.41, 5.74) is 3.29. The van der Waals surface area contributed by atoms with Crippen LogP contribution in [0.3, 0.4) is 0 Å². The van der Waals surface area contributed by atoms with E-state index >= 15 is 0 Å². The SMILES string of the molecule is CC(NN)C(=O)OCc1ccccc1. The summed E-state index contributed by atoms with van der Waals surface area (Å²) in [6.07, 6.45) is 0. The van der Waals surface area contributed by atoms with Crippen molar-refractivity contribution in [2.24, 2.45) is 5.84 Å². The summed E-state index contributed by atoms with van der Waals surface area (Å²) in [5, 5.41) is 0. The Balaban J connectivity index is 2.38. The van der Waals surface area contributed by atoms with Crippen LogP contribution in [-0.4, -0.2) is 12.0 Å². The van der Waals surface area contributed by atoms with Crippen molar-refractivity contribution in [1.82, 2.24) is 5.43 Å². The average molecular weight is 194 g/mol. The average Bonchev–Trinajstić information content (AvgIpc) is 2.26. The molecule has 4 nitrogen and oxygen atoms in total. The molecule has 0 amide bonds. The summed E-state index contributed by atoms with van der Waals surface area (Å²) >= 11 is 0. The summed E-state index contributed by atoms with van der Waals surface area (Å²) in [4.78, 5) is 11.2. The number of carbonyl (C=O) groups is 1. The summed E-state index contributed by atoms with van der Waals surface area (Å²) < 4.78 is 5.00. The van der Waals surface area contributed by atoms with Gasteiger partial charge in [0.05, 0.1) is 0 Å². The van der Waals surface area contributed by atoms with Gasteiger partial charge in [0.2, 0.25) is 0 Å². The molecule has 0 saturated carbocycles. The van der Waals surface area contributed by atoms with Crippen LogP contribution < -0.4 is 11.3 Å². The van der Waals surface area contributed by atoms with E-state index in [1.54, 1.807) is 6.92 Å². The van der Waals surface area contributed by atoms with E-state index in [4.69, 9.17) is 10.6 Å². The van der Waals surface area contributed by atoms with E-state index in [2.05, 4.69) is 5.43 Å². The Kier molecular flexibility index (Phi) is 4.10. The van der Waals surface area contributed by atoms with Gasteiger partial charge in [0.25, 0.3) is 0 Å². The molecule has 1 unspecified atom stereocenters. The van der Waals surface area contributed by atoms with Crippen molar-refractivity contribution in [2.45, 2.75) is 19.6 Å². The van der Waals surface area contributed by atoms with Gasteiger partial charge in [-0.1, -0.05) is 30.3 Å². The number of nitrogens with one attached hydrogen (secondary N) is 1. The number of hydrazine groups is 1. The molecule has 0 aliphatic carbocycles. The van der Waals surface area contributed by atoms with Crippen LogP contribution in [0.4, 0.5) is 0 Å². The van der Waals surface area contributed by atoms with Crippen molar-refractivity contribution in [3.63, 3.8) is 0 Å². The van der Waals surface area contributed by atoms with E-state index in [-0.39, 0.29) is 12.6 Å². The standard InChI is InChI=1S/C10H14N2O2/c1-8(12-11)10(13)14-7-9-5-3-2-4-6-9/h2-6,8,12H,7,11H2,1H3. The van der Waals surface area contributed by atoms with Gasteiger partial charge < -0.3 is 4.74 Å². The summed E-state index contributed by atoms with van der Waals surface area (Å²) in [5.74, 6) is 4.74. The Morgan fingerprint density at radius 2 is 2.14 bits per heavy atom. The fourth-order valence-corrected chi connectivity index (χ4v) is 0.922. The number of benzene rings is 1. The first-order valence-electron chi connectivity index (χ1n) is 4.40. The van der Waals surface area contributed by atoms with Gasteiger partial charge in [0.1, 0.15) is 12.6 Å². The minimum Gasteiger partial charge on any atom is -0.460 e. The Morgan fingerprint density at radius 3 is 2.71 bits per heavy atom. The zero-order valence-corrected chi connectivity index (χ0v) is 8.07. The lowest BCUT2D eigenvalue weighted by Crippen LogP contribution is -2.39. The minimum absolute atomic E-state index is 0.283. The van der Waals surface area contributed by atoms with E-state index in [1.807, 2.05) is 30.3 Å². The molecule has 76 valence electrons. The summed E-state index contributed by atoms with van der Waals surface area (Å²) in [6.45, 7) is 1.93. The largest absolute Gasteiger partial charge is 0.460 e. The zero-order chi connectivity index (χ0) is 10.4. The van der Waals surface area contributed by atoms with Crippen LogP contribution in [0, 0.1) is 0 Å². The Labute approximate surface area is 83.0 Å². The topological polar surface area (TPSA) is 64.3 Å². The molecule has 1 aromatic rings. The summed E-state index contributed by atoms with van der Waals surface area (Å²) in [7, 11) is 0. The highest BCUT2D eigenvalue weighted by molar-refractivity contribution is 5.75. The van der Waals surface area contributed by atoms with Crippen LogP contribution in [0.25, 0.3) is 0 Å². The quantitative estimate of drug-likeness (QED) is 0.418. The minimum atomic E-state index is -0.473. The first-order valence-corrected chi connectivity index (χ1v) is 4.40. The Hall–Kier alpha value is -1.39. The maximum absolute atomic E-state index is 11.2. The number of nitrogens with two attached hydrogens (primary N) is 1. The molecule has 1 aromatic carbocycles. The van der Waals surface area contributed by atoms with E-state index < -0.39 is 6.04 Å². The molecule has 0 saturated heterocycles. The monoisotopic (exact) mass is 194 g/mol. The molecule has 14 heavy (non-hydrogen) atoms. The molecule has 0 heterocycles. The van der Waals surface area contributed by atoms with Crippen molar-refractivity contribution < 1.29 is 9.53 Å². The molecule has 0 bridgehead atoms. The van der Waals surface area contributed by atoms with E-state index in [1.165, 1.54) is 0 Å². The first kappa shape index (κ1) is 10.7. The van der Waals surface area contributed by atoms with Crippen LogP contribution in [0.2, 0.25) is 0 Å². The number of hydrogen-bond acceptors (Lipinski definition) is 4. The van der Waals surface area contributed by atoms with Gasteiger partial charge in [-0.2, -0.15) is 0 Å². The first-order chi connectivity index (χ1) is 6.74. The van der Waals surface area contributed by atoms with Crippen LogP contribution in [0.15, 0.2) is 30.3 Å². The molecule has 0 fully saturated rings. The van der Waals surface area contributed by atoms with E-state index in [9.17, 15) is 4.79 Å². The lowest BCUT2D eigenvalue weighted by molar-refractivity contribution is -0.147. The number of ether oxygens (including phenoxy) is 1. The zero-order valence-electron chi connectivity index (χ0n) is 8.07. The van der Waals surface area contributed by atoms with Gasteiger partial charge in [-0.15, -0.1) is 0 Å². The normalized spacial score (nSPS) is 12.1. The van der Waals surface area contributed by atoms with Gasteiger partial charge in [0, 0.05) is 0 Å². The second kappa shape index (κ2) is 5.36. The maximum atomic E-state index is 11.2. The van der Waals surface area contributed by atoms with Gasteiger partial charge >= 0.3 is 5.97 Å². The molecule has 0 aliphatic rings. The van der Waals surface area contributed by atoms with Crippen LogP contribution >= 0.6 is 0 Å². The third kappa shape index (κ3) is 3.16. The molecule has 4 heteroatoms. The van der Waals surface area contributed by atoms with Crippen molar-refractivity contribution in [3.05, 3.63) is 35.9 Å². The smallest absolute Gasteiger partial charge is 0.324 e. The molecule has 3 N–H and O–H groups in total. The number of hydrogen-bond donors (Lipinski definition) is 2. The molecular formula is C10H14N2O2. The second-order valence-corrected chi connectivity index (χ2v) is 2.98. The number of rotatable bonds is 4. The van der Waals surface area contributed by atoms with Crippen molar-refractivity contribution in [2.75, 3.05) is 0 Å². The lowest BCUT2D eigenvalue weighted by atomic mass is 10.2. The molecule has 0 spiro atoms. The van der Waals surface area contributed by atoms with E-state index in [0.29, 0.717) is 0 Å². The van der Waals surface area contributed by atoms with Gasteiger partial charge in [0.15, 0.2) is 0 Å². The number of carbonyl (C=O) groups excluding carboxylic acids is 1. The highest BCUT2D eigenvalue weighted by atomic mass is 16.5. The maximum Gasteiger partial charge on any atom is 0.324 e. The van der Waals surface area contributed by atoms with Crippen LogP contribution in [0.1, 0.15) is 12.5 Å². The van der Waals surface area contributed by atoms with E-state index in [0.717, 1.165) is 5.56 Å². The Morgan fingerprint density at radius 1 is 1.50 bits per heavy atom. The van der Waals surface area contributed by atoms with Gasteiger partial charge in [-0.25, -0.2) is 5.43 Å². The molecule has 0 aliphatic heterocycles. The van der Waals surface area contributed by atoms with Crippen LogP contribution in [0.5, 0.6) is 0 Å². The predicted octanol–water partition coefficient (Wildman–Crippen LogP) is 0.582. The fraction of sp³-hybridized carbons (Fsp3) is 0.300. The van der Waals surface area contributed by atoms with Crippen molar-refractivity contribution in [3.8, 4) is 0 Å². The lowest BCUT2D eigenvalue weighted by Gasteiger charge is -2.09. The summed E-state index contributed by atoms with van der Waals surface area (Å²) in [6, 6.07) is 9.03. The van der Waals surface area contributed by atoms with Gasteiger partial charge in [-0.05, 0) is 12.5 Å². The van der Waals surface area contributed by atoms with Crippen molar-refractivity contribution >= 4 is 5.97 Å². The molecule has 1 atom stereocenters. The molecular weight excluding hydrogens is 180 g/mol. The van der Waals surface area contributed by atoms with Gasteiger partial charge in [-0.3, -0.25) is 10.6 Å². The predicted molar refractivity (Wildman–Crippen MR) is 53.0 cm³/mol. The Bertz CT molecular complexity index is 287.